The van der Waals surface area contributed by atoms with E-state index < -0.39 is 5.97 Å². The molecule has 9 rings (SSSR count). The predicted molar refractivity (Wildman–Crippen MR) is 217 cm³/mol. The molecule has 0 radical (unpaired) electrons. The van der Waals surface area contributed by atoms with E-state index in [2.05, 4.69) is 35.9 Å². The molecule has 0 atom stereocenters. The molecule has 2 saturated carbocycles. The van der Waals surface area contributed by atoms with E-state index in [4.69, 9.17) is 20.6 Å². The number of ketones is 2. The highest BCUT2D eigenvalue weighted by atomic mass is 16.5. The van der Waals surface area contributed by atoms with Crippen LogP contribution in [0.15, 0.2) is 107 Å². The SMILES string of the molecule is Cc1ccc(-c2noc(C3CC(=O)C3)n2)cc1NC(=O)c1cnc2ccccn12.Cc1ccc(/C(N)=N/O)cc1NC(=O)c1cnc2ccccn12.O=C1CC(C(=O)O)C1. The Morgan fingerprint density at radius 2 is 1.33 bits per heavy atom. The van der Waals surface area contributed by atoms with Crippen LogP contribution in [0.25, 0.3) is 22.7 Å². The first-order valence-corrected chi connectivity index (χ1v) is 18.6. The smallest absolute Gasteiger partial charge is 0.307 e. The summed E-state index contributed by atoms with van der Waals surface area (Å²) in [5.74, 6) is -0.568. The fourth-order valence-corrected chi connectivity index (χ4v) is 6.29. The molecule has 2 amide bonds. The van der Waals surface area contributed by atoms with E-state index >= 15 is 0 Å². The number of carbonyl (C=O) groups excluding carboxylic acids is 4. The second-order valence-corrected chi connectivity index (χ2v) is 14.2. The number of aliphatic carboxylic acids is 1. The summed E-state index contributed by atoms with van der Waals surface area (Å²) in [6.45, 7) is 3.77. The Bertz CT molecular complexity index is 2810. The van der Waals surface area contributed by atoms with E-state index in [0.717, 1.165) is 16.7 Å². The number of nitrogens with one attached hydrogen (secondary N) is 2. The molecule has 0 saturated heterocycles. The van der Waals surface area contributed by atoms with Gasteiger partial charge in [-0.05, 0) is 61.4 Å². The van der Waals surface area contributed by atoms with Crippen molar-refractivity contribution in [3.63, 3.8) is 0 Å². The number of Topliss-reactive ketones (excluding diaryl/α,β-unsaturated/α-hetero) is 2. The maximum Gasteiger partial charge on any atom is 0.307 e. The van der Waals surface area contributed by atoms with Crippen LogP contribution in [0.3, 0.4) is 0 Å². The van der Waals surface area contributed by atoms with Gasteiger partial charge in [0.2, 0.25) is 11.7 Å². The number of aromatic nitrogens is 6. The Labute approximate surface area is 340 Å². The first kappa shape index (κ1) is 40.2. The van der Waals surface area contributed by atoms with Gasteiger partial charge in [0.05, 0.1) is 24.2 Å². The first-order chi connectivity index (χ1) is 28.9. The average Bonchev–Trinajstić information content (AvgIpc) is 3.99. The summed E-state index contributed by atoms with van der Waals surface area (Å²) < 4.78 is 8.76. The molecule has 0 spiro atoms. The van der Waals surface area contributed by atoms with E-state index in [-0.39, 0.29) is 53.9 Å². The normalized spacial score (nSPS) is 14.0. The second kappa shape index (κ2) is 17.2. The summed E-state index contributed by atoms with van der Waals surface area (Å²) in [7, 11) is 0. The molecule has 5 aromatic heterocycles. The van der Waals surface area contributed by atoms with Gasteiger partial charge in [0.1, 0.15) is 34.2 Å². The summed E-state index contributed by atoms with van der Waals surface area (Å²) in [6.07, 6.45) is 8.04. The van der Waals surface area contributed by atoms with Crippen molar-refractivity contribution >= 4 is 57.9 Å². The van der Waals surface area contributed by atoms with Crippen molar-refractivity contribution in [2.45, 2.75) is 45.4 Å². The van der Waals surface area contributed by atoms with Crippen molar-refractivity contribution in [2.24, 2.45) is 16.8 Å². The number of anilines is 2. The maximum absolute atomic E-state index is 12.8. The van der Waals surface area contributed by atoms with Gasteiger partial charge in [0.15, 0.2) is 5.84 Å². The molecule has 6 N–H and O–H groups in total. The number of carbonyl (C=O) groups is 5. The maximum atomic E-state index is 12.8. The van der Waals surface area contributed by atoms with Crippen molar-refractivity contribution in [3.05, 3.63) is 132 Å². The minimum absolute atomic E-state index is 0.0171. The van der Waals surface area contributed by atoms with E-state index in [1.807, 2.05) is 68.4 Å². The number of amidine groups is 1. The van der Waals surface area contributed by atoms with Crippen LogP contribution in [0, 0.1) is 19.8 Å². The van der Waals surface area contributed by atoms with Crippen LogP contribution in [-0.2, 0) is 14.4 Å². The summed E-state index contributed by atoms with van der Waals surface area (Å²) >= 11 is 0. The highest BCUT2D eigenvalue weighted by Gasteiger charge is 2.33. The van der Waals surface area contributed by atoms with Crippen LogP contribution >= 0.6 is 0 Å². The van der Waals surface area contributed by atoms with Gasteiger partial charge < -0.3 is 31.2 Å². The zero-order chi connectivity index (χ0) is 42.5. The van der Waals surface area contributed by atoms with Gasteiger partial charge in [-0.25, -0.2) is 9.97 Å². The Hall–Kier alpha value is -8.02. The molecule has 2 aliphatic rings. The molecule has 2 aromatic carbocycles. The van der Waals surface area contributed by atoms with Crippen LogP contribution in [-0.4, -0.2) is 74.4 Å². The van der Waals surface area contributed by atoms with E-state index in [9.17, 15) is 24.0 Å². The molecule has 0 unspecified atom stereocenters. The minimum Gasteiger partial charge on any atom is -0.481 e. The van der Waals surface area contributed by atoms with E-state index in [1.165, 1.54) is 6.20 Å². The van der Waals surface area contributed by atoms with Crippen LogP contribution in [0.1, 0.15) is 75.2 Å². The van der Waals surface area contributed by atoms with Crippen molar-refractivity contribution < 1.29 is 38.8 Å². The highest BCUT2D eigenvalue weighted by Crippen LogP contribution is 2.34. The van der Waals surface area contributed by atoms with Gasteiger partial charge in [-0.3, -0.25) is 32.8 Å². The van der Waals surface area contributed by atoms with Gasteiger partial charge >= 0.3 is 5.97 Å². The van der Waals surface area contributed by atoms with Gasteiger partial charge in [-0.1, -0.05) is 46.7 Å². The number of nitrogens with two attached hydrogens (primary N) is 1. The van der Waals surface area contributed by atoms with Crippen LogP contribution < -0.4 is 16.4 Å². The fraction of sp³-hybridized carbons (Fsp3) is 0.190. The molecule has 304 valence electrons. The number of fused-ring (bicyclic) bond motifs is 2. The van der Waals surface area contributed by atoms with Gasteiger partial charge in [0.25, 0.3) is 11.8 Å². The number of hydrogen-bond acceptors (Lipinski definition) is 12. The molecule has 60 heavy (non-hydrogen) atoms. The molecule has 2 fully saturated rings. The molecule has 7 aromatic rings. The Kier molecular flexibility index (Phi) is 11.5. The van der Waals surface area contributed by atoms with E-state index in [1.54, 1.807) is 45.6 Å². The highest BCUT2D eigenvalue weighted by molar-refractivity contribution is 6.06. The number of amides is 2. The predicted octanol–water partition coefficient (Wildman–Crippen LogP) is 5.43. The summed E-state index contributed by atoms with van der Waals surface area (Å²) in [6, 6.07) is 21.8. The Morgan fingerprint density at radius 3 is 1.85 bits per heavy atom. The third kappa shape index (κ3) is 8.76. The Morgan fingerprint density at radius 1 is 0.783 bits per heavy atom. The zero-order valence-corrected chi connectivity index (χ0v) is 32.3. The number of carboxylic acids is 1. The van der Waals surface area contributed by atoms with Crippen molar-refractivity contribution in [2.75, 3.05) is 10.6 Å². The lowest BCUT2D eigenvalue weighted by atomic mass is 9.84. The van der Waals surface area contributed by atoms with Crippen LogP contribution in [0.4, 0.5) is 11.4 Å². The molecule has 0 aliphatic heterocycles. The van der Waals surface area contributed by atoms with Gasteiger partial charge in [-0.2, -0.15) is 4.98 Å². The summed E-state index contributed by atoms with van der Waals surface area (Å²) in [4.78, 5) is 69.5. The molecule has 0 bridgehead atoms. The molecule has 2 aliphatic carbocycles. The van der Waals surface area contributed by atoms with Crippen LogP contribution in [0.5, 0.6) is 0 Å². The first-order valence-electron chi connectivity index (χ1n) is 18.6. The number of hydrogen-bond donors (Lipinski definition) is 5. The molecule has 18 heteroatoms. The molecular formula is C42H38N10O8. The van der Waals surface area contributed by atoms with Crippen molar-refractivity contribution in [1.29, 1.82) is 0 Å². The number of imidazole rings is 2. The quantitative estimate of drug-likeness (QED) is 0.0556. The largest absolute Gasteiger partial charge is 0.481 e. The number of benzene rings is 2. The number of oxime groups is 1. The lowest BCUT2D eigenvalue weighted by Crippen LogP contribution is -2.29. The summed E-state index contributed by atoms with van der Waals surface area (Å²) in [5.41, 5.74) is 12.1. The molecular weight excluding hydrogens is 773 g/mol. The van der Waals surface area contributed by atoms with Gasteiger partial charge in [-0.15, -0.1) is 0 Å². The monoisotopic (exact) mass is 810 g/mol. The standard InChI is InChI=1S/C21H17N5O3.C16H15N5O2.C5H6O3/c1-12-5-6-13(19-24-21(29-25-19)14-8-15(27)9-14)10-16(12)23-20(28)17-11-22-18-4-2-3-7-26(17)18;1-10-5-6-11(15(17)20-23)8-12(10)19-16(22)13-9-18-14-4-2-3-7-21(13)14;6-4-1-3(2-4)5(7)8/h2-7,10-11,14H,8-9H2,1H3,(H,23,28);2-9,23H,1H3,(H2,17,20)(H,19,22);3H,1-2H2,(H,7,8). The second-order valence-electron chi connectivity index (χ2n) is 14.2. The number of aryl methyl sites for hydroxylation is 2. The minimum atomic E-state index is -0.843. The van der Waals surface area contributed by atoms with Crippen LogP contribution in [0.2, 0.25) is 0 Å². The lowest BCUT2D eigenvalue weighted by Gasteiger charge is -2.19. The third-order valence-corrected chi connectivity index (χ3v) is 9.97. The van der Waals surface area contributed by atoms with E-state index in [0.29, 0.717) is 64.2 Å². The molecule has 18 nitrogen and oxygen atoms in total. The van der Waals surface area contributed by atoms with Crippen molar-refractivity contribution in [3.8, 4) is 11.4 Å². The number of carboxylic acid groups (broad SMARTS) is 1. The molecule has 5 heterocycles. The fourth-order valence-electron chi connectivity index (χ4n) is 6.29. The number of nitrogens with zero attached hydrogens (tertiary/aromatic N) is 7. The number of pyridine rings is 2. The Balaban J connectivity index is 0.000000156. The third-order valence-electron chi connectivity index (χ3n) is 9.97. The zero-order valence-electron chi connectivity index (χ0n) is 32.3. The van der Waals surface area contributed by atoms with Crippen molar-refractivity contribution in [1.82, 2.24) is 28.9 Å². The lowest BCUT2D eigenvalue weighted by molar-refractivity contribution is -0.149. The topological polar surface area (TPSA) is 262 Å². The summed E-state index contributed by atoms with van der Waals surface area (Å²) in [5, 5.41) is 29.7. The number of rotatable bonds is 8. The van der Waals surface area contributed by atoms with Gasteiger partial charge in [0, 0.05) is 60.6 Å². The average molecular weight is 811 g/mol.